The first-order valence-electron chi connectivity index (χ1n) is 7.84. The number of aryl methyl sites for hydroxylation is 1. The van der Waals surface area contributed by atoms with Crippen molar-refractivity contribution >= 4 is 21.6 Å². The molecule has 0 unspecified atom stereocenters. The third kappa shape index (κ3) is 5.30. The number of rotatable bonds is 6. The zero-order chi connectivity index (χ0) is 18.6. The average Bonchev–Trinajstić information content (AvgIpc) is 2.54. The molecule has 0 bridgehead atoms. The van der Waals surface area contributed by atoms with Gasteiger partial charge in [0.2, 0.25) is 10.0 Å². The van der Waals surface area contributed by atoms with E-state index in [4.69, 9.17) is 9.88 Å². The number of sulfonamides is 1. The Balaban J connectivity index is 2.19. The Kier molecular flexibility index (Phi) is 5.81. The van der Waals surface area contributed by atoms with Crippen LogP contribution in [0.25, 0.3) is 0 Å². The smallest absolute Gasteiger partial charge is 0.255 e. The topological polar surface area (TPSA) is 98.5 Å². The minimum atomic E-state index is -3.85. The largest absolute Gasteiger partial charge is 0.493 e. The van der Waals surface area contributed by atoms with Crippen molar-refractivity contribution in [1.29, 1.82) is 0 Å². The molecule has 7 heteroatoms. The fraction of sp³-hybridized carbons (Fsp3) is 0.278. The lowest BCUT2D eigenvalue weighted by molar-refractivity contribution is 0.102. The van der Waals surface area contributed by atoms with Gasteiger partial charge in [-0.15, -0.1) is 0 Å². The van der Waals surface area contributed by atoms with Crippen molar-refractivity contribution in [2.75, 3.05) is 11.9 Å². The van der Waals surface area contributed by atoms with Gasteiger partial charge in [0.05, 0.1) is 11.5 Å². The summed E-state index contributed by atoms with van der Waals surface area (Å²) in [5, 5.41) is 7.86. The van der Waals surface area contributed by atoms with Crippen molar-refractivity contribution in [1.82, 2.24) is 0 Å². The summed E-state index contributed by atoms with van der Waals surface area (Å²) in [5.41, 5.74) is 1.29. The first kappa shape index (κ1) is 19.0. The first-order valence-corrected chi connectivity index (χ1v) is 9.39. The SMILES string of the molecule is Cc1ccc(NC(=O)c2cccc(OCC(C)C)c2)cc1S(N)(=O)=O. The maximum Gasteiger partial charge on any atom is 0.255 e. The van der Waals surface area contributed by atoms with Crippen LogP contribution in [0.5, 0.6) is 5.75 Å². The number of nitrogens with two attached hydrogens (primary N) is 1. The van der Waals surface area contributed by atoms with E-state index in [1.54, 1.807) is 43.3 Å². The van der Waals surface area contributed by atoms with E-state index in [0.717, 1.165) is 0 Å². The van der Waals surface area contributed by atoms with E-state index in [-0.39, 0.29) is 10.8 Å². The first-order chi connectivity index (χ1) is 11.7. The third-order valence-electron chi connectivity index (χ3n) is 3.43. The Bertz CT molecular complexity index is 876. The Morgan fingerprint density at radius 2 is 1.92 bits per heavy atom. The Morgan fingerprint density at radius 1 is 1.20 bits per heavy atom. The molecule has 3 N–H and O–H groups in total. The van der Waals surface area contributed by atoms with E-state index in [1.165, 1.54) is 6.07 Å². The Labute approximate surface area is 148 Å². The maximum absolute atomic E-state index is 12.4. The van der Waals surface area contributed by atoms with Crippen LogP contribution in [0, 0.1) is 12.8 Å². The number of hydrogen-bond acceptors (Lipinski definition) is 4. The molecule has 0 atom stereocenters. The van der Waals surface area contributed by atoms with Crippen LogP contribution in [-0.2, 0) is 10.0 Å². The standard InChI is InChI=1S/C18H22N2O4S/c1-12(2)11-24-16-6-4-5-14(9-16)18(21)20-15-8-7-13(3)17(10-15)25(19,22)23/h4-10,12H,11H2,1-3H3,(H,20,21)(H2,19,22,23). The zero-order valence-electron chi connectivity index (χ0n) is 14.4. The quantitative estimate of drug-likeness (QED) is 0.825. The van der Waals surface area contributed by atoms with Crippen LogP contribution >= 0.6 is 0 Å². The highest BCUT2D eigenvalue weighted by Gasteiger charge is 2.14. The van der Waals surface area contributed by atoms with Gasteiger partial charge in [0.1, 0.15) is 5.75 Å². The molecule has 0 saturated carbocycles. The highest BCUT2D eigenvalue weighted by Crippen LogP contribution is 2.20. The average molecular weight is 362 g/mol. The van der Waals surface area contributed by atoms with E-state index >= 15 is 0 Å². The summed E-state index contributed by atoms with van der Waals surface area (Å²) in [7, 11) is -3.85. The number of ether oxygens (including phenoxy) is 1. The van der Waals surface area contributed by atoms with E-state index in [0.29, 0.717) is 35.1 Å². The van der Waals surface area contributed by atoms with Gasteiger partial charge in [0, 0.05) is 11.3 Å². The lowest BCUT2D eigenvalue weighted by Crippen LogP contribution is -2.16. The highest BCUT2D eigenvalue weighted by atomic mass is 32.2. The number of carbonyl (C=O) groups excluding carboxylic acids is 1. The normalized spacial score (nSPS) is 11.4. The lowest BCUT2D eigenvalue weighted by atomic mass is 10.2. The van der Waals surface area contributed by atoms with E-state index in [9.17, 15) is 13.2 Å². The molecule has 0 aliphatic rings. The number of carbonyl (C=O) groups is 1. The number of nitrogens with one attached hydrogen (secondary N) is 1. The van der Waals surface area contributed by atoms with Crippen LogP contribution in [0.4, 0.5) is 5.69 Å². The monoisotopic (exact) mass is 362 g/mol. The molecule has 2 aromatic carbocycles. The molecule has 0 spiro atoms. The Hall–Kier alpha value is -2.38. The van der Waals surface area contributed by atoms with Gasteiger partial charge in [-0.2, -0.15) is 0 Å². The van der Waals surface area contributed by atoms with Crippen molar-refractivity contribution < 1.29 is 17.9 Å². The summed E-state index contributed by atoms with van der Waals surface area (Å²) in [4.78, 5) is 12.4. The molecule has 0 heterocycles. The van der Waals surface area contributed by atoms with Gasteiger partial charge in [-0.3, -0.25) is 4.79 Å². The van der Waals surface area contributed by atoms with Gasteiger partial charge in [-0.05, 0) is 48.7 Å². The van der Waals surface area contributed by atoms with Crippen LogP contribution < -0.4 is 15.2 Å². The van der Waals surface area contributed by atoms with Gasteiger partial charge >= 0.3 is 0 Å². The summed E-state index contributed by atoms with van der Waals surface area (Å²) < 4.78 is 28.8. The third-order valence-corrected chi connectivity index (χ3v) is 4.48. The predicted molar refractivity (Wildman–Crippen MR) is 97.3 cm³/mol. The minimum absolute atomic E-state index is 0.0145. The molecule has 0 saturated heterocycles. The maximum atomic E-state index is 12.4. The molecule has 0 aromatic heterocycles. The predicted octanol–water partition coefficient (Wildman–Crippen LogP) is 2.93. The number of amides is 1. The molecule has 1 amide bonds. The van der Waals surface area contributed by atoms with Crippen molar-refractivity contribution in [3.05, 3.63) is 53.6 Å². The van der Waals surface area contributed by atoms with Crippen molar-refractivity contribution in [2.24, 2.45) is 11.1 Å². The van der Waals surface area contributed by atoms with Crippen LogP contribution in [0.15, 0.2) is 47.4 Å². The molecule has 2 aromatic rings. The number of anilines is 1. The van der Waals surface area contributed by atoms with Crippen LogP contribution in [-0.4, -0.2) is 20.9 Å². The highest BCUT2D eigenvalue weighted by molar-refractivity contribution is 7.89. The summed E-state index contributed by atoms with van der Waals surface area (Å²) in [5.74, 6) is 0.622. The fourth-order valence-corrected chi connectivity index (χ4v) is 2.99. The van der Waals surface area contributed by atoms with E-state index in [2.05, 4.69) is 5.32 Å². The molecule has 134 valence electrons. The molecule has 25 heavy (non-hydrogen) atoms. The molecule has 0 aliphatic carbocycles. The van der Waals surface area contributed by atoms with Crippen molar-refractivity contribution in [3.63, 3.8) is 0 Å². The summed E-state index contributed by atoms with van der Waals surface area (Å²) in [6, 6.07) is 11.4. The van der Waals surface area contributed by atoms with Crippen molar-refractivity contribution in [2.45, 2.75) is 25.7 Å². The van der Waals surface area contributed by atoms with Crippen LogP contribution in [0.1, 0.15) is 29.8 Å². The number of benzene rings is 2. The second kappa shape index (κ2) is 7.67. The molecule has 2 rings (SSSR count). The second-order valence-electron chi connectivity index (χ2n) is 6.21. The molecular formula is C18H22N2O4S. The molecule has 6 nitrogen and oxygen atoms in total. The number of primary sulfonamides is 1. The van der Waals surface area contributed by atoms with Gasteiger partial charge in [-0.25, -0.2) is 13.6 Å². The summed E-state index contributed by atoms with van der Waals surface area (Å²) in [6.07, 6.45) is 0. The zero-order valence-corrected chi connectivity index (χ0v) is 15.3. The minimum Gasteiger partial charge on any atom is -0.493 e. The second-order valence-corrected chi connectivity index (χ2v) is 7.74. The van der Waals surface area contributed by atoms with Crippen LogP contribution in [0.2, 0.25) is 0 Å². The van der Waals surface area contributed by atoms with Gasteiger partial charge in [0.15, 0.2) is 0 Å². The lowest BCUT2D eigenvalue weighted by Gasteiger charge is -2.11. The molecular weight excluding hydrogens is 340 g/mol. The summed E-state index contributed by atoms with van der Waals surface area (Å²) in [6.45, 7) is 6.27. The summed E-state index contributed by atoms with van der Waals surface area (Å²) >= 11 is 0. The fourth-order valence-electron chi connectivity index (χ4n) is 2.18. The molecule has 0 radical (unpaired) electrons. The van der Waals surface area contributed by atoms with Gasteiger partial charge in [-0.1, -0.05) is 26.0 Å². The van der Waals surface area contributed by atoms with Crippen LogP contribution in [0.3, 0.4) is 0 Å². The Morgan fingerprint density at radius 3 is 2.56 bits per heavy atom. The van der Waals surface area contributed by atoms with Gasteiger partial charge in [0.25, 0.3) is 5.91 Å². The van der Waals surface area contributed by atoms with E-state index in [1.807, 2.05) is 13.8 Å². The molecule has 0 aliphatic heterocycles. The molecule has 0 fully saturated rings. The van der Waals surface area contributed by atoms with E-state index < -0.39 is 10.0 Å². The van der Waals surface area contributed by atoms with Crippen molar-refractivity contribution in [3.8, 4) is 5.75 Å². The van der Waals surface area contributed by atoms with Gasteiger partial charge < -0.3 is 10.1 Å². The number of hydrogen-bond donors (Lipinski definition) is 2.